The van der Waals surface area contributed by atoms with Crippen molar-refractivity contribution in [2.24, 2.45) is 5.10 Å². The minimum Gasteiger partial charge on any atom is -0.223 e. The van der Waals surface area contributed by atoms with E-state index in [0.717, 1.165) is 49.9 Å². The molecule has 35 heavy (non-hydrogen) atoms. The summed E-state index contributed by atoms with van der Waals surface area (Å²) in [4.78, 5) is 10.0. The molecule has 6 rings (SSSR count). The van der Waals surface area contributed by atoms with Gasteiger partial charge in [0, 0.05) is 26.9 Å². The van der Waals surface area contributed by atoms with E-state index in [4.69, 9.17) is 26.7 Å². The number of hydrazone groups is 1. The van der Waals surface area contributed by atoms with Crippen molar-refractivity contribution < 1.29 is 0 Å². The van der Waals surface area contributed by atoms with Crippen LogP contribution in [-0.4, -0.2) is 15.7 Å². The van der Waals surface area contributed by atoms with Gasteiger partial charge in [0.1, 0.15) is 0 Å². The Hall–Kier alpha value is -3.54. The molecule has 1 aromatic heterocycles. The molecule has 1 atom stereocenters. The van der Waals surface area contributed by atoms with Crippen LogP contribution < -0.4 is 5.01 Å². The summed E-state index contributed by atoms with van der Waals surface area (Å²) in [6.07, 6.45) is 0.753. The molecule has 5 aromatic rings. The topological polar surface area (TPSA) is 41.4 Å². The standard InChI is InChI=1S/C29H20BrClN4/c30-22-13-7-12-21(16-22)27-18-26(19-8-3-1-4-9-19)34-35(27)29-32-25-15-14-23(31)17-24(25)28(33-29)20-10-5-2-6-11-20/h1-17,27H,18H2. The Labute approximate surface area is 217 Å². The fourth-order valence-electron chi connectivity index (χ4n) is 4.48. The highest BCUT2D eigenvalue weighted by Crippen LogP contribution is 2.38. The summed E-state index contributed by atoms with van der Waals surface area (Å²) in [5, 5.41) is 8.59. The lowest BCUT2D eigenvalue weighted by molar-refractivity contribution is 0.688. The third-order valence-corrected chi connectivity index (χ3v) is 6.88. The van der Waals surface area contributed by atoms with Crippen molar-refractivity contribution >= 4 is 50.1 Å². The molecule has 0 N–H and O–H groups in total. The molecule has 4 aromatic carbocycles. The molecular weight excluding hydrogens is 520 g/mol. The van der Waals surface area contributed by atoms with E-state index in [2.05, 4.69) is 58.4 Å². The van der Waals surface area contributed by atoms with Crippen LogP contribution in [0.25, 0.3) is 22.2 Å². The van der Waals surface area contributed by atoms with Crippen molar-refractivity contribution in [3.63, 3.8) is 0 Å². The first-order valence-corrected chi connectivity index (χ1v) is 12.5. The molecule has 0 bridgehead atoms. The van der Waals surface area contributed by atoms with Crippen LogP contribution in [0.5, 0.6) is 0 Å². The van der Waals surface area contributed by atoms with Crippen molar-refractivity contribution in [1.82, 2.24) is 9.97 Å². The molecule has 0 saturated carbocycles. The van der Waals surface area contributed by atoms with E-state index in [1.54, 1.807) is 0 Å². The van der Waals surface area contributed by atoms with Crippen LogP contribution in [0.4, 0.5) is 5.95 Å². The maximum Gasteiger partial charge on any atom is 0.247 e. The van der Waals surface area contributed by atoms with Gasteiger partial charge in [-0.25, -0.2) is 15.0 Å². The van der Waals surface area contributed by atoms with Gasteiger partial charge in [0.2, 0.25) is 5.95 Å². The molecule has 0 amide bonds. The molecule has 0 fully saturated rings. The summed E-state index contributed by atoms with van der Waals surface area (Å²) in [5.41, 5.74) is 5.94. The first-order valence-electron chi connectivity index (χ1n) is 11.4. The minimum absolute atomic E-state index is 0.0314. The van der Waals surface area contributed by atoms with Crippen molar-refractivity contribution in [1.29, 1.82) is 0 Å². The van der Waals surface area contributed by atoms with Gasteiger partial charge in [0.15, 0.2) is 0 Å². The van der Waals surface area contributed by atoms with Crippen LogP contribution in [-0.2, 0) is 0 Å². The maximum atomic E-state index is 6.36. The lowest BCUT2D eigenvalue weighted by atomic mass is 9.98. The number of anilines is 1. The number of fused-ring (bicyclic) bond motifs is 1. The van der Waals surface area contributed by atoms with E-state index in [1.165, 1.54) is 0 Å². The van der Waals surface area contributed by atoms with E-state index in [1.807, 2.05) is 65.7 Å². The molecular formula is C29H20BrClN4. The lowest BCUT2D eigenvalue weighted by Gasteiger charge is -2.23. The number of aromatic nitrogens is 2. The predicted molar refractivity (Wildman–Crippen MR) is 147 cm³/mol. The van der Waals surface area contributed by atoms with Gasteiger partial charge < -0.3 is 0 Å². The van der Waals surface area contributed by atoms with Gasteiger partial charge >= 0.3 is 0 Å². The summed E-state index contributed by atoms with van der Waals surface area (Å²) in [6, 6.07) is 34.5. The predicted octanol–water partition coefficient (Wildman–Crippen LogP) is 8.07. The average molecular weight is 540 g/mol. The number of halogens is 2. The van der Waals surface area contributed by atoms with E-state index in [-0.39, 0.29) is 6.04 Å². The second-order valence-corrected chi connectivity index (χ2v) is 9.78. The van der Waals surface area contributed by atoms with Gasteiger partial charge in [-0.2, -0.15) is 5.10 Å². The monoisotopic (exact) mass is 538 g/mol. The highest BCUT2D eigenvalue weighted by molar-refractivity contribution is 9.10. The second kappa shape index (κ2) is 9.25. The first kappa shape index (κ1) is 22.0. The Morgan fingerprint density at radius 2 is 1.51 bits per heavy atom. The van der Waals surface area contributed by atoms with Crippen molar-refractivity contribution in [2.45, 2.75) is 12.5 Å². The third-order valence-electron chi connectivity index (χ3n) is 6.15. The van der Waals surface area contributed by atoms with Crippen LogP contribution in [0, 0.1) is 0 Å². The number of rotatable bonds is 4. The maximum absolute atomic E-state index is 6.36. The molecule has 2 heterocycles. The summed E-state index contributed by atoms with van der Waals surface area (Å²) < 4.78 is 1.03. The van der Waals surface area contributed by atoms with Crippen molar-refractivity contribution in [2.75, 3.05) is 5.01 Å². The minimum atomic E-state index is -0.0314. The summed E-state index contributed by atoms with van der Waals surface area (Å²) in [6.45, 7) is 0. The molecule has 0 spiro atoms. The quantitative estimate of drug-likeness (QED) is 0.232. The fourth-order valence-corrected chi connectivity index (χ4v) is 5.07. The Balaban J connectivity index is 1.55. The van der Waals surface area contributed by atoms with E-state index in [9.17, 15) is 0 Å². The molecule has 4 nitrogen and oxygen atoms in total. The number of hydrogen-bond donors (Lipinski definition) is 0. The van der Waals surface area contributed by atoms with Crippen LogP contribution in [0.2, 0.25) is 5.02 Å². The number of nitrogens with zero attached hydrogens (tertiary/aromatic N) is 4. The zero-order valence-corrected chi connectivity index (χ0v) is 21.0. The number of hydrogen-bond acceptors (Lipinski definition) is 4. The molecule has 0 radical (unpaired) electrons. The smallest absolute Gasteiger partial charge is 0.223 e. The van der Waals surface area contributed by atoms with Gasteiger partial charge in [-0.15, -0.1) is 0 Å². The molecule has 6 heteroatoms. The Kier molecular flexibility index (Phi) is 5.80. The second-order valence-electron chi connectivity index (χ2n) is 8.43. The highest BCUT2D eigenvalue weighted by Gasteiger charge is 2.32. The molecule has 1 aliphatic rings. The highest BCUT2D eigenvalue weighted by atomic mass is 79.9. The summed E-state index contributed by atoms with van der Waals surface area (Å²) in [5.74, 6) is 0.564. The van der Waals surface area contributed by atoms with Crippen LogP contribution >= 0.6 is 27.5 Å². The van der Waals surface area contributed by atoms with Gasteiger partial charge in [-0.05, 0) is 41.5 Å². The van der Waals surface area contributed by atoms with Crippen LogP contribution in [0.3, 0.4) is 0 Å². The van der Waals surface area contributed by atoms with Crippen molar-refractivity contribution in [3.8, 4) is 11.3 Å². The average Bonchev–Trinajstić information content (AvgIpc) is 3.35. The fraction of sp³-hybridized carbons (Fsp3) is 0.0690. The Bertz CT molecular complexity index is 1550. The summed E-state index contributed by atoms with van der Waals surface area (Å²) in [7, 11) is 0. The zero-order valence-electron chi connectivity index (χ0n) is 18.6. The largest absolute Gasteiger partial charge is 0.247 e. The SMILES string of the molecule is Clc1ccc2nc(N3N=C(c4ccccc4)CC3c3cccc(Br)c3)nc(-c3ccccc3)c2c1. The van der Waals surface area contributed by atoms with Crippen LogP contribution in [0.1, 0.15) is 23.6 Å². The molecule has 170 valence electrons. The van der Waals surface area contributed by atoms with Gasteiger partial charge in [-0.3, -0.25) is 0 Å². The van der Waals surface area contributed by atoms with E-state index < -0.39 is 0 Å². The third kappa shape index (κ3) is 4.33. The zero-order chi connectivity index (χ0) is 23.8. The van der Waals surface area contributed by atoms with E-state index >= 15 is 0 Å². The van der Waals surface area contributed by atoms with Gasteiger partial charge in [-0.1, -0.05) is 100 Å². The van der Waals surface area contributed by atoms with E-state index in [0.29, 0.717) is 11.0 Å². The number of benzene rings is 4. The Morgan fingerprint density at radius 3 is 2.26 bits per heavy atom. The normalized spacial score (nSPS) is 15.4. The lowest BCUT2D eigenvalue weighted by Crippen LogP contribution is -2.21. The van der Waals surface area contributed by atoms with Crippen LogP contribution in [0.15, 0.2) is 113 Å². The molecule has 1 unspecified atom stereocenters. The molecule has 1 aliphatic heterocycles. The molecule has 0 saturated heterocycles. The van der Waals surface area contributed by atoms with Crippen molar-refractivity contribution in [3.05, 3.63) is 124 Å². The Morgan fingerprint density at radius 1 is 0.771 bits per heavy atom. The molecule has 0 aliphatic carbocycles. The summed E-state index contributed by atoms with van der Waals surface area (Å²) >= 11 is 9.98. The van der Waals surface area contributed by atoms with Gasteiger partial charge in [0.25, 0.3) is 0 Å². The van der Waals surface area contributed by atoms with Gasteiger partial charge in [0.05, 0.1) is 23.0 Å². The first-order chi connectivity index (χ1) is 17.2.